The average molecular weight is 218 g/mol. The molecule has 1 amide bonds. The number of hydrogen-bond donors (Lipinski definition) is 1. The molecule has 0 atom stereocenters. The van der Waals surface area contributed by atoms with E-state index in [0.29, 0.717) is 22.4 Å². The molecule has 0 bridgehead atoms. The molecule has 0 fully saturated rings. The number of hydrogen-bond acceptors (Lipinski definition) is 2. The molecule has 0 aromatic carbocycles. The van der Waals surface area contributed by atoms with Crippen LogP contribution in [0.25, 0.3) is 0 Å². The summed E-state index contributed by atoms with van der Waals surface area (Å²) in [6, 6.07) is 1.68. The summed E-state index contributed by atoms with van der Waals surface area (Å²) in [5.41, 5.74) is 0. The lowest BCUT2D eigenvalue weighted by Gasteiger charge is -2.05. The Hall–Kier alpha value is -0.540. The van der Waals surface area contributed by atoms with Crippen molar-refractivity contribution in [2.75, 3.05) is 6.54 Å². The number of carbonyl (C=O) groups is 1. The van der Waals surface area contributed by atoms with E-state index >= 15 is 0 Å². The van der Waals surface area contributed by atoms with Crippen LogP contribution in [0.15, 0.2) is 11.4 Å². The summed E-state index contributed by atoms with van der Waals surface area (Å²) in [4.78, 5) is 12.1. The van der Waals surface area contributed by atoms with Crippen molar-refractivity contribution in [2.24, 2.45) is 5.92 Å². The molecule has 1 aromatic rings. The van der Waals surface area contributed by atoms with Crippen LogP contribution in [0.3, 0.4) is 0 Å². The third-order valence-corrected chi connectivity index (χ3v) is 2.74. The van der Waals surface area contributed by atoms with E-state index in [2.05, 4.69) is 19.2 Å². The molecule has 4 heteroatoms. The molecule has 0 aliphatic heterocycles. The Morgan fingerprint density at radius 3 is 2.85 bits per heavy atom. The molecular weight excluding hydrogens is 206 g/mol. The Labute approximate surface area is 86.9 Å². The van der Waals surface area contributed by atoms with Gasteiger partial charge in [-0.2, -0.15) is 0 Å². The van der Waals surface area contributed by atoms with Gasteiger partial charge in [-0.15, -0.1) is 11.3 Å². The largest absolute Gasteiger partial charge is 0.351 e. The fourth-order valence-corrected chi connectivity index (χ4v) is 1.81. The van der Waals surface area contributed by atoms with E-state index in [-0.39, 0.29) is 5.91 Å². The van der Waals surface area contributed by atoms with Gasteiger partial charge in [0.2, 0.25) is 0 Å². The molecule has 72 valence electrons. The molecule has 0 aliphatic carbocycles. The number of rotatable bonds is 3. The highest BCUT2D eigenvalue weighted by molar-refractivity contribution is 7.12. The maximum atomic E-state index is 11.4. The summed E-state index contributed by atoms with van der Waals surface area (Å²) in [5, 5.41) is 5.21. The molecule has 1 N–H and O–H groups in total. The van der Waals surface area contributed by atoms with E-state index in [1.54, 1.807) is 11.4 Å². The number of thiophene rings is 1. The normalized spacial score (nSPS) is 10.5. The Morgan fingerprint density at radius 2 is 2.38 bits per heavy atom. The standard InChI is InChI=1S/C9H12ClNOS/c1-6(2)4-11-9(12)8-3-7(10)5-13-8/h3,5-6H,4H2,1-2H3,(H,11,12). The first-order chi connectivity index (χ1) is 6.09. The van der Waals surface area contributed by atoms with Crippen molar-refractivity contribution >= 4 is 28.8 Å². The van der Waals surface area contributed by atoms with Crippen molar-refractivity contribution in [3.05, 3.63) is 21.3 Å². The maximum absolute atomic E-state index is 11.4. The summed E-state index contributed by atoms with van der Waals surface area (Å²) in [6.07, 6.45) is 0. The maximum Gasteiger partial charge on any atom is 0.261 e. The van der Waals surface area contributed by atoms with Gasteiger partial charge in [0.25, 0.3) is 5.91 Å². The van der Waals surface area contributed by atoms with E-state index in [9.17, 15) is 4.79 Å². The number of carbonyl (C=O) groups excluding carboxylic acids is 1. The smallest absolute Gasteiger partial charge is 0.261 e. The van der Waals surface area contributed by atoms with Crippen LogP contribution in [-0.2, 0) is 0 Å². The van der Waals surface area contributed by atoms with Gasteiger partial charge in [-0.25, -0.2) is 0 Å². The van der Waals surface area contributed by atoms with Gasteiger partial charge >= 0.3 is 0 Å². The second-order valence-electron chi connectivity index (χ2n) is 3.23. The van der Waals surface area contributed by atoms with Crippen molar-refractivity contribution < 1.29 is 4.79 Å². The molecule has 1 rings (SSSR count). The minimum Gasteiger partial charge on any atom is -0.351 e. The van der Waals surface area contributed by atoms with E-state index in [1.165, 1.54) is 11.3 Å². The highest BCUT2D eigenvalue weighted by Gasteiger charge is 2.07. The first-order valence-corrected chi connectivity index (χ1v) is 5.37. The second-order valence-corrected chi connectivity index (χ2v) is 4.58. The molecule has 0 radical (unpaired) electrons. The van der Waals surface area contributed by atoms with Crippen molar-refractivity contribution in [1.82, 2.24) is 5.32 Å². The molecule has 0 saturated heterocycles. The van der Waals surface area contributed by atoms with Crippen LogP contribution in [0.4, 0.5) is 0 Å². The molecule has 13 heavy (non-hydrogen) atoms. The molecule has 1 heterocycles. The first-order valence-electron chi connectivity index (χ1n) is 4.12. The van der Waals surface area contributed by atoms with E-state index in [1.807, 2.05) is 0 Å². The van der Waals surface area contributed by atoms with Crippen molar-refractivity contribution in [2.45, 2.75) is 13.8 Å². The number of amides is 1. The highest BCUT2D eigenvalue weighted by atomic mass is 35.5. The molecule has 1 aromatic heterocycles. The van der Waals surface area contributed by atoms with Crippen molar-refractivity contribution in [1.29, 1.82) is 0 Å². The van der Waals surface area contributed by atoms with E-state index in [4.69, 9.17) is 11.6 Å². The molecule has 2 nitrogen and oxygen atoms in total. The SMILES string of the molecule is CC(C)CNC(=O)c1cc(Cl)cs1. The van der Waals surface area contributed by atoms with Crippen LogP contribution >= 0.6 is 22.9 Å². The van der Waals surface area contributed by atoms with Crippen LogP contribution in [0, 0.1) is 5.92 Å². The molecule has 0 saturated carbocycles. The fourth-order valence-electron chi connectivity index (χ4n) is 0.816. The summed E-state index contributed by atoms with van der Waals surface area (Å²) in [5.74, 6) is 0.435. The predicted molar refractivity (Wildman–Crippen MR) is 56.5 cm³/mol. The van der Waals surface area contributed by atoms with Gasteiger partial charge in [0, 0.05) is 11.9 Å². The zero-order valence-corrected chi connectivity index (χ0v) is 9.21. The van der Waals surface area contributed by atoms with Crippen LogP contribution in [0.5, 0.6) is 0 Å². The third kappa shape index (κ3) is 3.36. The monoisotopic (exact) mass is 217 g/mol. The average Bonchev–Trinajstić information content (AvgIpc) is 2.47. The lowest BCUT2D eigenvalue weighted by Crippen LogP contribution is -2.26. The quantitative estimate of drug-likeness (QED) is 0.829. The van der Waals surface area contributed by atoms with Gasteiger partial charge in [0.05, 0.1) is 9.90 Å². The third-order valence-electron chi connectivity index (χ3n) is 1.46. The molecule has 0 unspecified atom stereocenters. The second kappa shape index (κ2) is 4.63. The van der Waals surface area contributed by atoms with Crippen molar-refractivity contribution in [3.8, 4) is 0 Å². The number of halogens is 1. The first kappa shape index (κ1) is 10.5. The summed E-state index contributed by atoms with van der Waals surface area (Å²) in [7, 11) is 0. The van der Waals surface area contributed by atoms with Gasteiger partial charge in [-0.05, 0) is 12.0 Å². The zero-order chi connectivity index (χ0) is 9.84. The van der Waals surface area contributed by atoms with Gasteiger partial charge in [-0.1, -0.05) is 25.4 Å². The molecule has 0 aliphatic rings. The number of nitrogens with one attached hydrogen (secondary N) is 1. The van der Waals surface area contributed by atoms with E-state index < -0.39 is 0 Å². The van der Waals surface area contributed by atoms with E-state index in [0.717, 1.165) is 0 Å². The van der Waals surface area contributed by atoms with Crippen molar-refractivity contribution in [3.63, 3.8) is 0 Å². The Bertz CT molecular complexity index is 296. The molecular formula is C9H12ClNOS. The lowest BCUT2D eigenvalue weighted by atomic mass is 10.2. The van der Waals surface area contributed by atoms with Gasteiger partial charge in [0.1, 0.15) is 0 Å². The van der Waals surface area contributed by atoms with Crippen LogP contribution in [0.1, 0.15) is 23.5 Å². The zero-order valence-electron chi connectivity index (χ0n) is 7.63. The minimum atomic E-state index is -0.0365. The van der Waals surface area contributed by atoms with Crippen LogP contribution in [-0.4, -0.2) is 12.5 Å². The van der Waals surface area contributed by atoms with Crippen LogP contribution in [0.2, 0.25) is 5.02 Å². The fraction of sp³-hybridized carbons (Fsp3) is 0.444. The van der Waals surface area contributed by atoms with Gasteiger partial charge in [0.15, 0.2) is 0 Å². The van der Waals surface area contributed by atoms with Gasteiger partial charge in [-0.3, -0.25) is 4.79 Å². The van der Waals surface area contributed by atoms with Gasteiger partial charge < -0.3 is 5.32 Å². The topological polar surface area (TPSA) is 29.1 Å². The summed E-state index contributed by atoms with van der Waals surface area (Å²) < 4.78 is 0. The Balaban J connectivity index is 2.49. The minimum absolute atomic E-state index is 0.0365. The molecule has 0 spiro atoms. The summed E-state index contributed by atoms with van der Waals surface area (Å²) in [6.45, 7) is 4.82. The van der Waals surface area contributed by atoms with Crippen LogP contribution < -0.4 is 5.32 Å². The Kier molecular flexibility index (Phi) is 3.75. The predicted octanol–water partition coefficient (Wildman–Crippen LogP) is 2.79. The highest BCUT2D eigenvalue weighted by Crippen LogP contribution is 2.18. The summed E-state index contributed by atoms with van der Waals surface area (Å²) >= 11 is 7.06. The Morgan fingerprint density at radius 1 is 1.69 bits per heavy atom. The lowest BCUT2D eigenvalue weighted by molar-refractivity contribution is 0.0953.